The third-order valence-electron chi connectivity index (χ3n) is 2.90. The zero-order valence-electron chi connectivity index (χ0n) is 12.6. The maximum Gasteiger partial charge on any atom is 0.356 e. The third kappa shape index (κ3) is 3.36. The summed E-state index contributed by atoms with van der Waals surface area (Å²) in [4.78, 5) is 26.8. The Kier molecular flexibility index (Phi) is 4.65. The highest BCUT2D eigenvalue weighted by Gasteiger charge is 2.21. The van der Waals surface area contributed by atoms with E-state index in [2.05, 4.69) is 15.6 Å². The zero-order valence-corrected chi connectivity index (χ0v) is 12.6. The van der Waals surface area contributed by atoms with E-state index in [0.29, 0.717) is 10.9 Å². The minimum absolute atomic E-state index is 0.0759. The minimum Gasteiger partial charge on any atom is -0.461 e. The molecule has 2 amide bonds. The molecule has 1 heterocycles. The molecule has 0 radical (unpaired) electrons. The molecule has 1 aromatic carbocycles. The van der Waals surface area contributed by atoms with Gasteiger partial charge in [0.05, 0.1) is 12.3 Å². The standard InChI is InChI=1S/C15H18FN3O3/c1-4-22-14(20)13-12(19-15(21)17-8(2)3)10-7-9(16)5-6-11(10)18-13/h5-8,18H,4H2,1-3H3,(H2,17,19,21). The molecule has 0 bridgehead atoms. The normalized spacial score (nSPS) is 10.8. The molecule has 0 fully saturated rings. The molecule has 0 aliphatic rings. The number of amides is 2. The number of anilines is 1. The van der Waals surface area contributed by atoms with Crippen molar-refractivity contribution in [3.63, 3.8) is 0 Å². The summed E-state index contributed by atoms with van der Waals surface area (Å²) in [6.45, 7) is 5.49. The van der Waals surface area contributed by atoms with E-state index in [4.69, 9.17) is 4.74 Å². The Balaban J connectivity index is 2.46. The first-order chi connectivity index (χ1) is 10.4. The monoisotopic (exact) mass is 307 g/mol. The SMILES string of the molecule is CCOC(=O)c1[nH]c2ccc(F)cc2c1NC(=O)NC(C)C. The van der Waals surface area contributed by atoms with Crippen molar-refractivity contribution >= 4 is 28.6 Å². The highest BCUT2D eigenvalue weighted by molar-refractivity contribution is 6.10. The van der Waals surface area contributed by atoms with E-state index in [1.165, 1.54) is 18.2 Å². The summed E-state index contributed by atoms with van der Waals surface area (Å²) in [6.07, 6.45) is 0. The van der Waals surface area contributed by atoms with Gasteiger partial charge in [-0.1, -0.05) is 0 Å². The lowest BCUT2D eigenvalue weighted by Crippen LogP contribution is -2.34. The molecule has 6 nitrogen and oxygen atoms in total. The fraction of sp³-hybridized carbons (Fsp3) is 0.333. The average molecular weight is 307 g/mol. The predicted octanol–water partition coefficient (Wildman–Crippen LogP) is 3.01. The van der Waals surface area contributed by atoms with E-state index >= 15 is 0 Å². The molecule has 118 valence electrons. The smallest absolute Gasteiger partial charge is 0.356 e. The molecule has 0 saturated heterocycles. The van der Waals surface area contributed by atoms with Gasteiger partial charge in [0, 0.05) is 16.9 Å². The first-order valence-electron chi connectivity index (χ1n) is 6.98. The van der Waals surface area contributed by atoms with E-state index < -0.39 is 17.8 Å². The van der Waals surface area contributed by atoms with Crippen LogP contribution in [0.5, 0.6) is 0 Å². The molecule has 2 aromatic rings. The van der Waals surface area contributed by atoms with Crippen molar-refractivity contribution in [1.29, 1.82) is 0 Å². The van der Waals surface area contributed by atoms with Gasteiger partial charge in [0.1, 0.15) is 11.5 Å². The third-order valence-corrected chi connectivity index (χ3v) is 2.90. The van der Waals surface area contributed by atoms with Crippen LogP contribution in [0.15, 0.2) is 18.2 Å². The van der Waals surface area contributed by atoms with Crippen molar-refractivity contribution < 1.29 is 18.7 Å². The molecular weight excluding hydrogens is 289 g/mol. The van der Waals surface area contributed by atoms with Crippen LogP contribution in [0, 0.1) is 5.82 Å². The summed E-state index contributed by atoms with van der Waals surface area (Å²) in [5, 5.41) is 5.64. The van der Waals surface area contributed by atoms with Crippen LogP contribution >= 0.6 is 0 Å². The van der Waals surface area contributed by atoms with E-state index in [0.717, 1.165) is 0 Å². The molecule has 1 aromatic heterocycles. The van der Waals surface area contributed by atoms with Gasteiger partial charge < -0.3 is 20.4 Å². The fourth-order valence-corrected chi connectivity index (χ4v) is 2.06. The Bertz CT molecular complexity index is 709. The van der Waals surface area contributed by atoms with Crippen LogP contribution in [-0.2, 0) is 4.74 Å². The molecule has 0 unspecified atom stereocenters. The first-order valence-corrected chi connectivity index (χ1v) is 6.98. The van der Waals surface area contributed by atoms with Gasteiger partial charge in [-0.05, 0) is 39.0 Å². The van der Waals surface area contributed by atoms with Crippen LogP contribution < -0.4 is 10.6 Å². The number of rotatable bonds is 4. The van der Waals surface area contributed by atoms with E-state index in [1.54, 1.807) is 20.8 Å². The molecule has 7 heteroatoms. The van der Waals surface area contributed by atoms with Gasteiger partial charge in [-0.2, -0.15) is 0 Å². The van der Waals surface area contributed by atoms with Crippen molar-refractivity contribution in [2.45, 2.75) is 26.8 Å². The Morgan fingerprint density at radius 1 is 1.36 bits per heavy atom. The van der Waals surface area contributed by atoms with E-state index in [9.17, 15) is 14.0 Å². The number of H-pyrrole nitrogens is 1. The summed E-state index contributed by atoms with van der Waals surface area (Å²) in [6, 6.07) is 3.46. The quantitative estimate of drug-likeness (QED) is 0.759. The van der Waals surface area contributed by atoms with Crippen LogP contribution in [0.2, 0.25) is 0 Å². The Morgan fingerprint density at radius 3 is 2.73 bits per heavy atom. The number of aromatic nitrogens is 1. The van der Waals surface area contributed by atoms with Gasteiger partial charge in [-0.3, -0.25) is 0 Å². The highest BCUT2D eigenvalue weighted by atomic mass is 19.1. The van der Waals surface area contributed by atoms with Crippen molar-refractivity contribution in [2.75, 3.05) is 11.9 Å². The molecule has 3 N–H and O–H groups in total. The lowest BCUT2D eigenvalue weighted by molar-refractivity contribution is 0.0522. The summed E-state index contributed by atoms with van der Waals surface area (Å²) in [5.74, 6) is -1.08. The van der Waals surface area contributed by atoms with Crippen molar-refractivity contribution in [2.24, 2.45) is 0 Å². The Morgan fingerprint density at radius 2 is 2.09 bits per heavy atom. The number of carbonyl (C=O) groups excluding carboxylic acids is 2. The number of urea groups is 1. The van der Waals surface area contributed by atoms with Gasteiger partial charge >= 0.3 is 12.0 Å². The van der Waals surface area contributed by atoms with Crippen LogP contribution in [-0.4, -0.2) is 29.6 Å². The highest BCUT2D eigenvalue weighted by Crippen LogP contribution is 2.29. The lowest BCUT2D eigenvalue weighted by atomic mass is 10.2. The van der Waals surface area contributed by atoms with E-state index in [1.807, 2.05) is 0 Å². The van der Waals surface area contributed by atoms with Crippen molar-refractivity contribution in [3.8, 4) is 0 Å². The number of benzene rings is 1. The molecule has 2 rings (SSSR count). The number of fused-ring (bicyclic) bond motifs is 1. The second kappa shape index (κ2) is 6.46. The number of aromatic amines is 1. The number of carbonyl (C=O) groups is 2. The van der Waals surface area contributed by atoms with Crippen molar-refractivity contribution in [1.82, 2.24) is 10.3 Å². The molecule has 22 heavy (non-hydrogen) atoms. The topological polar surface area (TPSA) is 83.2 Å². The molecule has 0 aliphatic carbocycles. The largest absolute Gasteiger partial charge is 0.461 e. The summed E-state index contributed by atoms with van der Waals surface area (Å²) >= 11 is 0. The second-order valence-corrected chi connectivity index (χ2v) is 5.04. The van der Waals surface area contributed by atoms with Crippen molar-refractivity contribution in [3.05, 3.63) is 29.7 Å². The first kappa shape index (κ1) is 15.8. The number of hydrogen-bond donors (Lipinski definition) is 3. The Labute approximate surface area is 127 Å². The van der Waals surface area contributed by atoms with Crippen LogP contribution in [0.4, 0.5) is 14.9 Å². The molecule has 0 aliphatic heterocycles. The summed E-state index contributed by atoms with van der Waals surface area (Å²) in [7, 11) is 0. The number of hydrogen-bond acceptors (Lipinski definition) is 3. The van der Waals surface area contributed by atoms with Crippen LogP contribution in [0.1, 0.15) is 31.3 Å². The maximum atomic E-state index is 13.5. The Hall–Kier alpha value is -2.57. The summed E-state index contributed by atoms with van der Waals surface area (Å²) in [5.41, 5.74) is 0.816. The van der Waals surface area contributed by atoms with Gasteiger partial charge in [-0.25, -0.2) is 14.0 Å². The van der Waals surface area contributed by atoms with Gasteiger partial charge in [0.2, 0.25) is 0 Å². The minimum atomic E-state index is -0.612. The lowest BCUT2D eigenvalue weighted by Gasteiger charge is -2.11. The molecular formula is C15H18FN3O3. The fourth-order valence-electron chi connectivity index (χ4n) is 2.06. The van der Waals surface area contributed by atoms with Gasteiger partial charge in [0.25, 0.3) is 0 Å². The molecule has 0 spiro atoms. The van der Waals surface area contributed by atoms with Crippen LogP contribution in [0.25, 0.3) is 10.9 Å². The van der Waals surface area contributed by atoms with E-state index in [-0.39, 0.29) is 24.0 Å². The van der Waals surface area contributed by atoms with Crippen LogP contribution in [0.3, 0.4) is 0 Å². The van der Waals surface area contributed by atoms with Gasteiger partial charge in [-0.15, -0.1) is 0 Å². The number of halogens is 1. The zero-order chi connectivity index (χ0) is 16.3. The molecule has 0 atom stereocenters. The predicted molar refractivity (Wildman–Crippen MR) is 81.5 cm³/mol. The number of ether oxygens (including phenoxy) is 1. The van der Waals surface area contributed by atoms with Gasteiger partial charge in [0.15, 0.2) is 0 Å². The maximum absolute atomic E-state index is 13.5. The summed E-state index contributed by atoms with van der Waals surface area (Å²) < 4.78 is 18.4. The number of nitrogens with one attached hydrogen (secondary N) is 3. The second-order valence-electron chi connectivity index (χ2n) is 5.04. The number of esters is 1. The average Bonchev–Trinajstić information content (AvgIpc) is 2.76. The molecule has 0 saturated carbocycles.